The average Bonchev–Trinajstić information content (AvgIpc) is 2.85. The Kier molecular flexibility index (Phi) is 4.82. The molecule has 102 valence electrons. The molecular weight excluding hydrogens is 295 g/mol. The summed E-state index contributed by atoms with van der Waals surface area (Å²) in [4.78, 5) is 10.6. The Hall–Kier alpha value is -1.70. The Bertz CT molecular complexity index is 592. The number of hydrogen-bond donors (Lipinski definition) is 2. The Morgan fingerprint density at radius 1 is 1.47 bits per heavy atom. The number of rotatable bonds is 3. The number of nitrogens with zero attached hydrogens (tertiary/aromatic N) is 1. The smallest absolute Gasteiger partial charge is 0.272 e. The summed E-state index contributed by atoms with van der Waals surface area (Å²) in [5.41, 5.74) is 5.43. The van der Waals surface area contributed by atoms with Crippen molar-refractivity contribution >= 4 is 29.4 Å². The van der Waals surface area contributed by atoms with Crippen LogP contribution in [-0.4, -0.2) is 10.0 Å². The lowest BCUT2D eigenvalue weighted by molar-refractivity contribution is -0.385. The minimum Gasteiger partial charge on any atom is -0.505 e. The van der Waals surface area contributed by atoms with Gasteiger partial charge in [0, 0.05) is 16.5 Å². The molecule has 0 spiro atoms. The maximum atomic E-state index is 13.4. The zero-order valence-corrected chi connectivity index (χ0v) is 11.1. The van der Waals surface area contributed by atoms with Crippen molar-refractivity contribution in [3.05, 3.63) is 56.0 Å². The molecule has 0 bridgehead atoms. The lowest BCUT2D eigenvalue weighted by atomic mass is 10.0. The summed E-state index contributed by atoms with van der Waals surface area (Å²) in [5.74, 6) is -1.70. The molecule has 0 saturated carbocycles. The van der Waals surface area contributed by atoms with Crippen LogP contribution in [0.4, 0.5) is 10.1 Å². The molecule has 2 rings (SSSR count). The molecular formula is C11H10ClFN2O3S. The second-order valence-corrected chi connectivity index (χ2v) is 4.59. The van der Waals surface area contributed by atoms with E-state index >= 15 is 0 Å². The Morgan fingerprint density at radius 2 is 2.16 bits per heavy atom. The van der Waals surface area contributed by atoms with Crippen molar-refractivity contribution in [2.45, 2.75) is 6.04 Å². The molecule has 19 heavy (non-hydrogen) atoms. The van der Waals surface area contributed by atoms with Crippen molar-refractivity contribution in [2.24, 2.45) is 5.73 Å². The summed E-state index contributed by atoms with van der Waals surface area (Å²) in [6, 6.07) is 4.43. The molecule has 0 amide bonds. The van der Waals surface area contributed by atoms with Gasteiger partial charge in [-0.1, -0.05) is 6.07 Å². The van der Waals surface area contributed by atoms with E-state index in [2.05, 4.69) is 0 Å². The molecule has 0 saturated heterocycles. The number of nitrogens with two attached hydrogens (primary N) is 1. The molecule has 1 atom stereocenters. The summed E-state index contributed by atoms with van der Waals surface area (Å²) >= 11 is 1.33. The molecule has 3 N–H and O–H groups in total. The van der Waals surface area contributed by atoms with E-state index in [1.54, 1.807) is 17.5 Å². The summed E-state index contributed by atoms with van der Waals surface area (Å²) < 4.78 is 13.4. The van der Waals surface area contributed by atoms with Crippen LogP contribution >= 0.6 is 23.7 Å². The van der Waals surface area contributed by atoms with Crippen molar-refractivity contribution in [2.75, 3.05) is 0 Å². The van der Waals surface area contributed by atoms with Crippen LogP contribution in [0.5, 0.6) is 5.75 Å². The number of halogens is 2. The molecule has 1 heterocycles. The fourth-order valence-electron chi connectivity index (χ4n) is 1.57. The van der Waals surface area contributed by atoms with E-state index in [9.17, 15) is 19.6 Å². The fraction of sp³-hybridized carbons (Fsp3) is 0.0909. The van der Waals surface area contributed by atoms with Crippen LogP contribution in [0.2, 0.25) is 0 Å². The molecule has 0 aliphatic rings. The number of aromatic hydroxyl groups is 1. The maximum Gasteiger partial charge on any atom is 0.272 e. The third kappa shape index (κ3) is 3.01. The molecule has 0 aliphatic carbocycles. The van der Waals surface area contributed by atoms with Crippen LogP contribution in [-0.2, 0) is 0 Å². The van der Waals surface area contributed by atoms with Crippen molar-refractivity contribution in [1.82, 2.24) is 0 Å². The van der Waals surface area contributed by atoms with Gasteiger partial charge in [-0.3, -0.25) is 10.1 Å². The largest absolute Gasteiger partial charge is 0.505 e. The molecule has 0 fully saturated rings. The van der Waals surface area contributed by atoms with Crippen LogP contribution in [0.25, 0.3) is 0 Å². The van der Waals surface area contributed by atoms with E-state index in [1.807, 2.05) is 0 Å². The van der Waals surface area contributed by atoms with Gasteiger partial charge in [0.1, 0.15) is 0 Å². The minimum absolute atomic E-state index is 0. The lowest BCUT2D eigenvalue weighted by Crippen LogP contribution is -2.11. The van der Waals surface area contributed by atoms with E-state index in [0.717, 1.165) is 6.07 Å². The number of non-ortho nitro benzene ring substituents is 1. The van der Waals surface area contributed by atoms with Gasteiger partial charge in [-0.05, 0) is 11.4 Å². The summed E-state index contributed by atoms with van der Waals surface area (Å²) in [6.45, 7) is 0. The van der Waals surface area contributed by atoms with Gasteiger partial charge in [0.25, 0.3) is 5.69 Å². The first-order valence-corrected chi connectivity index (χ1v) is 5.84. The van der Waals surface area contributed by atoms with Gasteiger partial charge in [0.15, 0.2) is 11.6 Å². The molecule has 8 heteroatoms. The molecule has 2 aromatic rings. The predicted molar refractivity (Wildman–Crippen MR) is 72.3 cm³/mol. The van der Waals surface area contributed by atoms with Crippen molar-refractivity contribution in [3.63, 3.8) is 0 Å². The minimum atomic E-state index is -1.05. The van der Waals surface area contributed by atoms with Gasteiger partial charge in [-0.15, -0.1) is 23.7 Å². The number of thiophene rings is 1. The number of phenolic OH excluding ortho intramolecular Hbond substituents is 1. The van der Waals surface area contributed by atoms with E-state index in [-0.39, 0.29) is 18.0 Å². The highest BCUT2D eigenvalue weighted by molar-refractivity contribution is 7.10. The topological polar surface area (TPSA) is 89.4 Å². The maximum absolute atomic E-state index is 13.4. The van der Waals surface area contributed by atoms with Crippen molar-refractivity contribution in [1.29, 1.82) is 0 Å². The highest BCUT2D eigenvalue weighted by Gasteiger charge is 2.21. The van der Waals surface area contributed by atoms with Crippen LogP contribution in [0.1, 0.15) is 16.5 Å². The number of phenols is 1. The van der Waals surface area contributed by atoms with Gasteiger partial charge in [-0.25, -0.2) is 4.39 Å². The first-order valence-electron chi connectivity index (χ1n) is 4.96. The van der Waals surface area contributed by atoms with Crippen LogP contribution in [0, 0.1) is 15.9 Å². The molecule has 1 aromatic heterocycles. The van der Waals surface area contributed by atoms with Crippen LogP contribution in [0.3, 0.4) is 0 Å². The third-order valence-corrected chi connectivity index (χ3v) is 3.43. The van der Waals surface area contributed by atoms with Crippen molar-refractivity contribution < 1.29 is 14.4 Å². The van der Waals surface area contributed by atoms with Gasteiger partial charge in [0.05, 0.1) is 17.0 Å². The third-order valence-electron chi connectivity index (χ3n) is 2.47. The molecule has 5 nitrogen and oxygen atoms in total. The monoisotopic (exact) mass is 304 g/mol. The first kappa shape index (κ1) is 15.4. The second-order valence-electron chi connectivity index (χ2n) is 3.62. The fourth-order valence-corrected chi connectivity index (χ4v) is 2.31. The molecule has 0 aliphatic heterocycles. The highest BCUT2D eigenvalue weighted by atomic mass is 35.5. The quantitative estimate of drug-likeness (QED) is 0.674. The average molecular weight is 305 g/mol. The standard InChI is InChI=1S/C11H9FN2O3S.ClH/c12-8-5-6(14(16)17)4-7(11(8)15)10(13)9-2-1-3-18-9;/h1-5,10,15H,13H2;1H/t10-;/m1./s1. The van der Waals surface area contributed by atoms with E-state index in [1.165, 1.54) is 11.3 Å². The number of hydrogen-bond acceptors (Lipinski definition) is 5. The summed E-state index contributed by atoms with van der Waals surface area (Å²) in [5, 5.41) is 22.0. The van der Waals surface area contributed by atoms with Gasteiger partial charge in [-0.2, -0.15) is 0 Å². The second kappa shape index (κ2) is 5.96. The number of nitro groups is 1. The molecule has 1 aromatic carbocycles. The lowest BCUT2D eigenvalue weighted by Gasteiger charge is -2.12. The zero-order chi connectivity index (χ0) is 13.3. The number of nitro benzene ring substituents is 1. The molecule has 0 unspecified atom stereocenters. The number of benzene rings is 1. The van der Waals surface area contributed by atoms with E-state index < -0.39 is 28.2 Å². The van der Waals surface area contributed by atoms with Crippen molar-refractivity contribution in [3.8, 4) is 5.75 Å². The zero-order valence-electron chi connectivity index (χ0n) is 9.45. The summed E-state index contributed by atoms with van der Waals surface area (Å²) in [7, 11) is 0. The Balaban J connectivity index is 0.00000180. The van der Waals surface area contributed by atoms with Gasteiger partial charge >= 0.3 is 0 Å². The summed E-state index contributed by atoms with van der Waals surface area (Å²) in [6.07, 6.45) is 0. The van der Waals surface area contributed by atoms with E-state index in [0.29, 0.717) is 10.9 Å². The van der Waals surface area contributed by atoms with Crippen LogP contribution < -0.4 is 5.73 Å². The molecule has 0 radical (unpaired) electrons. The van der Waals surface area contributed by atoms with Gasteiger partial charge in [0.2, 0.25) is 0 Å². The van der Waals surface area contributed by atoms with E-state index in [4.69, 9.17) is 5.73 Å². The SMILES string of the molecule is Cl.N[C@@H](c1cccs1)c1cc([N+](=O)[O-])cc(F)c1O. The highest BCUT2D eigenvalue weighted by Crippen LogP contribution is 2.34. The normalized spacial score (nSPS) is 11.7. The van der Waals surface area contributed by atoms with Crippen LogP contribution in [0.15, 0.2) is 29.6 Å². The Labute approximate surface area is 118 Å². The van der Waals surface area contributed by atoms with Gasteiger partial charge < -0.3 is 10.8 Å². The Morgan fingerprint density at radius 3 is 2.68 bits per heavy atom. The first-order chi connectivity index (χ1) is 8.50. The predicted octanol–water partition coefficient (Wildman–Crippen LogP) is 2.97.